The van der Waals surface area contributed by atoms with Crippen molar-refractivity contribution in [2.75, 3.05) is 19.7 Å². The Balaban J connectivity index is 1.61. The van der Waals surface area contributed by atoms with Gasteiger partial charge in [0.15, 0.2) is 0 Å². The SMILES string of the molecule is CCc1ccc(-c2nc(CN3CCC(CO)CC3)cs2)cc1. The Morgan fingerprint density at radius 3 is 2.59 bits per heavy atom. The highest BCUT2D eigenvalue weighted by atomic mass is 32.1. The molecule has 1 fully saturated rings. The number of thiazole rings is 1. The van der Waals surface area contributed by atoms with Crippen molar-refractivity contribution in [1.29, 1.82) is 0 Å². The van der Waals surface area contributed by atoms with Gasteiger partial charge in [-0.3, -0.25) is 4.90 Å². The minimum atomic E-state index is 0.336. The van der Waals surface area contributed by atoms with Gasteiger partial charge in [0.2, 0.25) is 0 Å². The van der Waals surface area contributed by atoms with E-state index in [0.29, 0.717) is 12.5 Å². The lowest BCUT2D eigenvalue weighted by molar-refractivity contribution is 0.126. The molecule has 0 atom stereocenters. The van der Waals surface area contributed by atoms with Gasteiger partial charge in [-0.2, -0.15) is 0 Å². The van der Waals surface area contributed by atoms with E-state index >= 15 is 0 Å². The molecule has 0 bridgehead atoms. The van der Waals surface area contributed by atoms with Crippen molar-refractivity contribution in [3.8, 4) is 10.6 Å². The number of hydrogen-bond donors (Lipinski definition) is 1. The lowest BCUT2D eigenvalue weighted by Crippen LogP contribution is -2.34. The third-order valence-corrected chi connectivity index (χ3v) is 5.45. The zero-order valence-corrected chi connectivity index (χ0v) is 14.0. The highest BCUT2D eigenvalue weighted by Gasteiger charge is 2.19. The molecule has 1 aromatic carbocycles. The molecule has 3 rings (SSSR count). The summed E-state index contributed by atoms with van der Waals surface area (Å²) in [5.74, 6) is 0.499. The standard InChI is InChI=1S/C18H24N2OS/c1-2-14-3-5-16(6-4-14)18-19-17(13-22-18)11-20-9-7-15(12-21)8-10-20/h3-6,13,15,21H,2,7-12H2,1H3. The highest BCUT2D eigenvalue weighted by Crippen LogP contribution is 2.25. The molecule has 1 N–H and O–H groups in total. The number of benzene rings is 1. The molecule has 0 aliphatic carbocycles. The molecule has 3 nitrogen and oxygen atoms in total. The van der Waals surface area contributed by atoms with Crippen LogP contribution in [0.4, 0.5) is 0 Å². The number of likely N-dealkylation sites (tertiary alicyclic amines) is 1. The molecule has 0 amide bonds. The summed E-state index contributed by atoms with van der Waals surface area (Å²) in [6.45, 7) is 5.59. The molecule has 22 heavy (non-hydrogen) atoms. The van der Waals surface area contributed by atoms with E-state index in [-0.39, 0.29) is 0 Å². The maximum absolute atomic E-state index is 9.20. The van der Waals surface area contributed by atoms with E-state index in [2.05, 4.69) is 41.5 Å². The van der Waals surface area contributed by atoms with Crippen LogP contribution in [0.1, 0.15) is 31.0 Å². The number of aryl methyl sites for hydroxylation is 1. The number of rotatable bonds is 5. The van der Waals surface area contributed by atoms with E-state index in [1.807, 2.05) is 0 Å². The second-order valence-electron chi connectivity index (χ2n) is 6.10. The molecule has 2 heterocycles. The van der Waals surface area contributed by atoms with Crippen molar-refractivity contribution in [2.24, 2.45) is 5.92 Å². The van der Waals surface area contributed by atoms with Crippen molar-refractivity contribution in [1.82, 2.24) is 9.88 Å². The Hall–Kier alpha value is -1.23. The first-order valence-corrected chi connectivity index (χ1v) is 9.03. The van der Waals surface area contributed by atoms with Crippen LogP contribution in [0, 0.1) is 5.92 Å². The maximum atomic E-state index is 9.20. The van der Waals surface area contributed by atoms with Crippen molar-refractivity contribution in [3.63, 3.8) is 0 Å². The van der Waals surface area contributed by atoms with Crippen molar-refractivity contribution in [3.05, 3.63) is 40.9 Å². The monoisotopic (exact) mass is 316 g/mol. The highest BCUT2D eigenvalue weighted by molar-refractivity contribution is 7.13. The predicted octanol–water partition coefficient (Wildman–Crippen LogP) is 3.58. The quantitative estimate of drug-likeness (QED) is 0.916. The fourth-order valence-electron chi connectivity index (χ4n) is 2.95. The summed E-state index contributed by atoms with van der Waals surface area (Å²) in [6.07, 6.45) is 3.28. The molecule has 1 aliphatic heterocycles. The Kier molecular flexibility index (Phi) is 5.24. The third kappa shape index (κ3) is 3.75. The van der Waals surface area contributed by atoms with Crippen LogP contribution in [0.2, 0.25) is 0 Å². The van der Waals surface area contributed by atoms with Crippen LogP contribution < -0.4 is 0 Å². The number of piperidine rings is 1. The van der Waals surface area contributed by atoms with Gasteiger partial charge in [0.25, 0.3) is 0 Å². The van der Waals surface area contributed by atoms with E-state index in [0.717, 1.165) is 43.9 Å². The molecule has 4 heteroatoms. The second-order valence-corrected chi connectivity index (χ2v) is 6.95. The number of aliphatic hydroxyl groups excluding tert-OH is 1. The lowest BCUT2D eigenvalue weighted by Gasteiger charge is -2.30. The van der Waals surface area contributed by atoms with Crippen LogP contribution in [-0.2, 0) is 13.0 Å². The average molecular weight is 316 g/mol. The molecular weight excluding hydrogens is 292 g/mol. The van der Waals surface area contributed by atoms with E-state index < -0.39 is 0 Å². The van der Waals surface area contributed by atoms with Crippen LogP contribution in [0.25, 0.3) is 10.6 Å². The lowest BCUT2D eigenvalue weighted by atomic mass is 9.98. The molecule has 1 aromatic heterocycles. The van der Waals surface area contributed by atoms with Gasteiger partial charge in [0.1, 0.15) is 5.01 Å². The first kappa shape index (κ1) is 15.7. The van der Waals surface area contributed by atoms with E-state index in [1.165, 1.54) is 16.8 Å². The molecule has 0 spiro atoms. The summed E-state index contributed by atoms with van der Waals surface area (Å²) in [5, 5.41) is 12.5. The van der Waals surface area contributed by atoms with E-state index in [4.69, 9.17) is 4.98 Å². The Morgan fingerprint density at radius 2 is 1.95 bits per heavy atom. The number of aliphatic hydroxyl groups is 1. The van der Waals surface area contributed by atoms with E-state index in [1.54, 1.807) is 11.3 Å². The first-order chi connectivity index (χ1) is 10.8. The maximum Gasteiger partial charge on any atom is 0.123 e. The molecule has 0 saturated carbocycles. The molecule has 1 saturated heterocycles. The Bertz CT molecular complexity index is 585. The summed E-state index contributed by atoms with van der Waals surface area (Å²) in [4.78, 5) is 7.25. The van der Waals surface area contributed by atoms with Crippen molar-refractivity contribution >= 4 is 11.3 Å². The molecule has 2 aromatic rings. The van der Waals surface area contributed by atoms with Gasteiger partial charge in [0.05, 0.1) is 5.69 Å². The van der Waals surface area contributed by atoms with Crippen molar-refractivity contribution in [2.45, 2.75) is 32.7 Å². The first-order valence-electron chi connectivity index (χ1n) is 8.15. The van der Waals surface area contributed by atoms with Crippen LogP contribution in [0.15, 0.2) is 29.6 Å². The van der Waals surface area contributed by atoms with Gasteiger partial charge >= 0.3 is 0 Å². The van der Waals surface area contributed by atoms with Gasteiger partial charge in [-0.05, 0) is 43.8 Å². The van der Waals surface area contributed by atoms with Crippen LogP contribution in [0.3, 0.4) is 0 Å². The predicted molar refractivity (Wildman–Crippen MR) is 92.0 cm³/mol. The third-order valence-electron chi connectivity index (χ3n) is 4.51. The van der Waals surface area contributed by atoms with Gasteiger partial charge in [0, 0.05) is 24.1 Å². The van der Waals surface area contributed by atoms with Gasteiger partial charge < -0.3 is 5.11 Å². The molecule has 0 radical (unpaired) electrons. The topological polar surface area (TPSA) is 36.4 Å². The normalized spacial score (nSPS) is 17.0. The zero-order chi connectivity index (χ0) is 15.4. The summed E-state index contributed by atoms with van der Waals surface area (Å²) in [6, 6.07) is 8.73. The molecule has 0 unspecified atom stereocenters. The molecule has 118 valence electrons. The van der Waals surface area contributed by atoms with Gasteiger partial charge in [-0.15, -0.1) is 11.3 Å². The van der Waals surface area contributed by atoms with Gasteiger partial charge in [-0.25, -0.2) is 4.98 Å². The summed E-state index contributed by atoms with van der Waals surface area (Å²) < 4.78 is 0. The summed E-state index contributed by atoms with van der Waals surface area (Å²) in [7, 11) is 0. The number of aromatic nitrogens is 1. The Labute approximate surface area is 136 Å². The minimum Gasteiger partial charge on any atom is -0.396 e. The van der Waals surface area contributed by atoms with Crippen molar-refractivity contribution < 1.29 is 5.11 Å². The molecule has 1 aliphatic rings. The fraction of sp³-hybridized carbons (Fsp3) is 0.500. The average Bonchev–Trinajstić information content (AvgIpc) is 3.04. The second kappa shape index (κ2) is 7.36. The summed E-state index contributed by atoms with van der Waals surface area (Å²) in [5.41, 5.74) is 3.75. The minimum absolute atomic E-state index is 0.336. The van der Waals surface area contributed by atoms with E-state index in [9.17, 15) is 5.11 Å². The number of nitrogens with zero attached hydrogens (tertiary/aromatic N) is 2. The molecular formula is C18H24N2OS. The van der Waals surface area contributed by atoms with Crippen LogP contribution in [-0.4, -0.2) is 34.7 Å². The van der Waals surface area contributed by atoms with Gasteiger partial charge in [-0.1, -0.05) is 31.2 Å². The fourth-order valence-corrected chi connectivity index (χ4v) is 3.77. The number of hydrogen-bond acceptors (Lipinski definition) is 4. The van der Waals surface area contributed by atoms with Crippen LogP contribution >= 0.6 is 11.3 Å². The zero-order valence-electron chi connectivity index (χ0n) is 13.2. The van der Waals surface area contributed by atoms with Crippen LogP contribution in [0.5, 0.6) is 0 Å². The largest absolute Gasteiger partial charge is 0.396 e. The Morgan fingerprint density at radius 1 is 1.23 bits per heavy atom. The smallest absolute Gasteiger partial charge is 0.123 e. The summed E-state index contributed by atoms with van der Waals surface area (Å²) >= 11 is 1.73.